The lowest BCUT2D eigenvalue weighted by Gasteiger charge is -2.31. The van der Waals surface area contributed by atoms with E-state index in [0.29, 0.717) is 0 Å². The first-order valence-corrected chi connectivity index (χ1v) is 22.2. The average Bonchev–Trinajstić information content (AvgIpc) is 3.60. The molecule has 9 aromatic rings. The Morgan fingerprint density at radius 3 is 1.68 bits per heavy atom. The van der Waals surface area contributed by atoms with Gasteiger partial charge < -0.3 is 9.88 Å². The van der Waals surface area contributed by atoms with Crippen molar-refractivity contribution in [2.75, 3.05) is 5.32 Å². The Balaban J connectivity index is 1.11. The summed E-state index contributed by atoms with van der Waals surface area (Å²) >= 11 is 0. The maximum Gasteiger partial charge on any atom is 0.0674 e. The third kappa shape index (κ3) is 6.02. The number of hydrogen-bond acceptors (Lipinski definition) is 3. The van der Waals surface area contributed by atoms with Gasteiger partial charge >= 0.3 is 0 Å². The van der Waals surface area contributed by atoms with Crippen LogP contribution in [0.1, 0.15) is 66.8 Å². The summed E-state index contributed by atoms with van der Waals surface area (Å²) < 4.78 is 2.53. The van der Waals surface area contributed by atoms with Gasteiger partial charge in [0.05, 0.1) is 34.8 Å². The van der Waals surface area contributed by atoms with E-state index in [9.17, 15) is 0 Å². The molecule has 62 heavy (non-hydrogen) atoms. The third-order valence-electron chi connectivity index (χ3n) is 14.5. The highest BCUT2D eigenvalue weighted by molar-refractivity contribution is 6.14. The molecule has 11 rings (SSSR count). The lowest BCUT2D eigenvalue weighted by Crippen LogP contribution is -2.15. The fourth-order valence-electron chi connectivity index (χ4n) is 10.6. The van der Waals surface area contributed by atoms with Crippen LogP contribution >= 0.6 is 0 Å². The number of fused-ring (bicyclic) bond motifs is 4. The Morgan fingerprint density at radius 2 is 1.03 bits per heavy atom. The molecule has 3 aromatic heterocycles. The molecule has 0 saturated heterocycles. The number of aryl methyl sites for hydroxylation is 10. The van der Waals surface area contributed by atoms with Crippen LogP contribution in [0.3, 0.4) is 0 Å². The lowest BCUT2D eigenvalue weighted by molar-refractivity contribution is 0.880. The van der Waals surface area contributed by atoms with Crippen LogP contribution in [0.25, 0.3) is 72.0 Å². The number of anilines is 2. The molecule has 2 aliphatic rings. The molecule has 0 bridgehead atoms. The van der Waals surface area contributed by atoms with Gasteiger partial charge in [0.15, 0.2) is 0 Å². The minimum absolute atomic E-state index is 0.982. The highest BCUT2D eigenvalue weighted by Gasteiger charge is 2.31. The van der Waals surface area contributed by atoms with Crippen LogP contribution in [0.15, 0.2) is 116 Å². The van der Waals surface area contributed by atoms with Gasteiger partial charge in [-0.3, -0.25) is 9.97 Å². The molecule has 2 aliphatic carbocycles. The number of pyridine rings is 2. The van der Waals surface area contributed by atoms with Crippen molar-refractivity contribution in [3.63, 3.8) is 0 Å². The molecule has 0 unspecified atom stereocenters. The molecule has 0 spiro atoms. The van der Waals surface area contributed by atoms with Gasteiger partial charge in [-0.1, -0.05) is 48.5 Å². The molecule has 4 heteroatoms. The molecule has 1 N–H and O–H groups in total. The lowest BCUT2D eigenvalue weighted by atomic mass is 9.73. The zero-order chi connectivity index (χ0) is 42.6. The quantitative estimate of drug-likeness (QED) is 0.182. The maximum absolute atomic E-state index is 4.68. The van der Waals surface area contributed by atoms with Crippen LogP contribution in [0.5, 0.6) is 0 Å². The van der Waals surface area contributed by atoms with E-state index in [1.165, 1.54) is 133 Å². The molecule has 0 atom stereocenters. The summed E-state index contributed by atoms with van der Waals surface area (Å²) in [6.45, 7) is 17.7. The molecule has 304 valence electrons. The summed E-state index contributed by atoms with van der Waals surface area (Å²) in [4.78, 5) is 9.16. The summed E-state index contributed by atoms with van der Waals surface area (Å²) in [6, 6.07) is 35.2. The van der Waals surface area contributed by atoms with E-state index >= 15 is 0 Å². The summed E-state index contributed by atoms with van der Waals surface area (Å²) in [7, 11) is 0. The molecule has 0 radical (unpaired) electrons. The second-order valence-electron chi connectivity index (χ2n) is 18.2. The zero-order valence-electron chi connectivity index (χ0n) is 37.1. The Hall–Kier alpha value is -6.78. The van der Waals surface area contributed by atoms with Crippen LogP contribution in [-0.2, 0) is 25.7 Å². The van der Waals surface area contributed by atoms with Crippen LogP contribution in [0.4, 0.5) is 11.4 Å². The van der Waals surface area contributed by atoms with Gasteiger partial charge in [-0.15, -0.1) is 0 Å². The Labute approximate surface area is 365 Å². The zero-order valence-corrected chi connectivity index (χ0v) is 37.1. The molecule has 3 heterocycles. The van der Waals surface area contributed by atoms with E-state index in [1.807, 2.05) is 18.6 Å². The van der Waals surface area contributed by atoms with Crippen molar-refractivity contribution in [3.05, 3.63) is 183 Å². The van der Waals surface area contributed by atoms with Gasteiger partial charge in [0, 0.05) is 34.4 Å². The van der Waals surface area contributed by atoms with E-state index in [0.717, 1.165) is 42.7 Å². The van der Waals surface area contributed by atoms with Crippen molar-refractivity contribution >= 4 is 33.2 Å². The van der Waals surface area contributed by atoms with Crippen LogP contribution in [-0.4, -0.2) is 14.5 Å². The number of nitrogens with zero attached hydrogens (tertiary/aromatic N) is 3. The molecular formula is C58H52N4. The predicted octanol–water partition coefficient (Wildman–Crippen LogP) is 14.6. The molecule has 6 aromatic carbocycles. The van der Waals surface area contributed by atoms with Gasteiger partial charge in [-0.25, -0.2) is 0 Å². The minimum atomic E-state index is 0.982. The number of rotatable bonds is 6. The van der Waals surface area contributed by atoms with Crippen molar-refractivity contribution in [1.29, 1.82) is 0 Å². The standard InChI is InChI=1S/C58H52N4/c1-32-17-19-59-30-53(32)61-52-15-12-40(45-21-34(3)38(7)35(4)22-45)27-49(52)47-25-42-9-10-44-29-51-50-28-41(46-23-36(5)39(8)37(6)24-46)13-16-54(50)62(55-31-60-20-18-33(55)2)58(51)48-14-11-43(26-47)56(42)57(44)48/h12-13,15-31,61H,9-11,14H2,1-8H3. The molecule has 0 fully saturated rings. The van der Waals surface area contributed by atoms with Crippen molar-refractivity contribution in [2.45, 2.75) is 81.1 Å². The fourth-order valence-corrected chi connectivity index (χ4v) is 10.6. The SMILES string of the molecule is Cc1ccncc1Nc1ccc(-c2cc(C)c(C)c(C)c2)cc1-c1cc2c3c(c1)CCc1c-3c(cc3c4cc(-c5cc(C)c(C)c(C)c5)ccc4n(-c4cnccc4C)c13)CC2. The van der Waals surface area contributed by atoms with E-state index in [2.05, 4.69) is 172 Å². The monoisotopic (exact) mass is 804 g/mol. The van der Waals surface area contributed by atoms with Gasteiger partial charge in [-0.05, 0) is 229 Å². The Bertz CT molecular complexity index is 3300. The highest BCUT2D eigenvalue weighted by atomic mass is 15.0. The Kier molecular flexibility index (Phi) is 8.87. The first-order valence-electron chi connectivity index (χ1n) is 22.2. The van der Waals surface area contributed by atoms with E-state index in [-0.39, 0.29) is 0 Å². The summed E-state index contributed by atoms with van der Waals surface area (Å²) in [6.07, 6.45) is 11.8. The van der Waals surface area contributed by atoms with Crippen molar-refractivity contribution in [3.8, 4) is 50.2 Å². The van der Waals surface area contributed by atoms with E-state index in [4.69, 9.17) is 0 Å². The molecule has 0 amide bonds. The number of aromatic nitrogens is 3. The van der Waals surface area contributed by atoms with Crippen molar-refractivity contribution in [2.24, 2.45) is 0 Å². The molecule has 0 aliphatic heterocycles. The molecular weight excluding hydrogens is 753 g/mol. The first kappa shape index (κ1) is 38.2. The van der Waals surface area contributed by atoms with Gasteiger partial charge in [0.25, 0.3) is 0 Å². The van der Waals surface area contributed by atoms with Crippen molar-refractivity contribution < 1.29 is 0 Å². The van der Waals surface area contributed by atoms with Gasteiger partial charge in [0.2, 0.25) is 0 Å². The van der Waals surface area contributed by atoms with Crippen LogP contribution in [0.2, 0.25) is 0 Å². The second kappa shape index (κ2) is 14.4. The van der Waals surface area contributed by atoms with E-state index in [1.54, 1.807) is 0 Å². The number of nitrogens with one attached hydrogen (secondary N) is 1. The average molecular weight is 805 g/mol. The van der Waals surface area contributed by atoms with Gasteiger partial charge in [0.1, 0.15) is 0 Å². The summed E-state index contributed by atoms with van der Waals surface area (Å²) in [5.74, 6) is 0. The third-order valence-corrected chi connectivity index (χ3v) is 14.5. The summed E-state index contributed by atoms with van der Waals surface area (Å²) in [5.41, 5.74) is 32.6. The van der Waals surface area contributed by atoms with E-state index < -0.39 is 0 Å². The van der Waals surface area contributed by atoms with Gasteiger partial charge in [-0.2, -0.15) is 0 Å². The fraction of sp³-hybridized carbons (Fsp3) is 0.207. The largest absolute Gasteiger partial charge is 0.354 e. The predicted molar refractivity (Wildman–Crippen MR) is 261 cm³/mol. The number of hydrogen-bond donors (Lipinski definition) is 1. The Morgan fingerprint density at radius 1 is 0.452 bits per heavy atom. The number of benzene rings is 6. The maximum atomic E-state index is 4.68. The normalized spacial score (nSPS) is 12.9. The van der Waals surface area contributed by atoms with Crippen LogP contribution in [0, 0.1) is 55.4 Å². The smallest absolute Gasteiger partial charge is 0.0674 e. The topological polar surface area (TPSA) is 42.7 Å². The van der Waals surface area contributed by atoms with Crippen molar-refractivity contribution in [1.82, 2.24) is 14.5 Å². The highest BCUT2D eigenvalue weighted by Crippen LogP contribution is 2.50. The molecule has 4 nitrogen and oxygen atoms in total. The second-order valence-corrected chi connectivity index (χ2v) is 18.2. The first-order chi connectivity index (χ1) is 30.0. The molecule has 0 saturated carbocycles. The summed E-state index contributed by atoms with van der Waals surface area (Å²) in [5, 5.41) is 6.47. The van der Waals surface area contributed by atoms with Crippen LogP contribution < -0.4 is 5.32 Å². The minimum Gasteiger partial charge on any atom is -0.354 e.